The maximum atomic E-state index is 8.72. The third-order valence-corrected chi connectivity index (χ3v) is 3.60. The maximum absolute atomic E-state index is 8.72. The van der Waals surface area contributed by atoms with Crippen LogP contribution in [0.3, 0.4) is 0 Å². The topological polar surface area (TPSA) is 67.8 Å². The molecule has 0 unspecified atom stereocenters. The first-order valence-electron chi connectivity index (χ1n) is 7.05. The molecule has 0 aliphatic rings. The van der Waals surface area contributed by atoms with E-state index in [1.54, 1.807) is 0 Å². The molecule has 0 aliphatic carbocycles. The molecule has 1 aromatic carbocycles. The van der Waals surface area contributed by atoms with Gasteiger partial charge in [0.15, 0.2) is 0 Å². The van der Waals surface area contributed by atoms with Crippen molar-refractivity contribution in [3.63, 3.8) is 0 Å². The van der Waals surface area contributed by atoms with Gasteiger partial charge in [-0.2, -0.15) is 0 Å². The van der Waals surface area contributed by atoms with Crippen molar-refractivity contribution in [1.82, 2.24) is 0 Å². The molecule has 0 fully saturated rings. The molecule has 0 aliphatic heterocycles. The lowest BCUT2D eigenvalue weighted by atomic mass is 9.86. The molecule has 0 bridgehead atoms. The zero-order valence-electron chi connectivity index (χ0n) is 12.9. The highest BCUT2D eigenvalue weighted by molar-refractivity contribution is 5.85. The lowest BCUT2D eigenvalue weighted by Crippen LogP contribution is -2.31. The van der Waals surface area contributed by atoms with Gasteiger partial charge in [-0.1, -0.05) is 31.1 Å². The molecule has 0 radical (unpaired) electrons. The Morgan fingerprint density at radius 1 is 1.30 bits per heavy atom. The summed E-state index contributed by atoms with van der Waals surface area (Å²) in [5.74, 6) is 1.24. The molecule has 0 saturated heterocycles. The van der Waals surface area contributed by atoms with Gasteiger partial charge in [0.2, 0.25) is 0 Å². The van der Waals surface area contributed by atoms with Crippen molar-refractivity contribution in [1.29, 1.82) is 0 Å². The number of amidine groups is 1. The van der Waals surface area contributed by atoms with E-state index in [1.807, 2.05) is 13.8 Å². The second-order valence-corrected chi connectivity index (χ2v) is 5.94. The van der Waals surface area contributed by atoms with E-state index in [2.05, 4.69) is 37.2 Å². The molecule has 112 valence electrons. The van der Waals surface area contributed by atoms with E-state index < -0.39 is 0 Å². The molecule has 0 amide bonds. The number of unbranched alkanes of at least 4 members (excludes halogenated alkanes) is 1. The van der Waals surface area contributed by atoms with Gasteiger partial charge in [-0.3, -0.25) is 0 Å². The smallest absolute Gasteiger partial charge is 0.144 e. The Kier molecular flexibility index (Phi) is 5.86. The number of hydrogen-bond acceptors (Lipinski definition) is 3. The van der Waals surface area contributed by atoms with Crippen LogP contribution in [0.2, 0.25) is 0 Å². The quantitative estimate of drug-likeness (QED) is 0.263. The van der Waals surface area contributed by atoms with Crippen molar-refractivity contribution in [2.24, 2.45) is 16.3 Å². The number of hydrogen-bond donors (Lipinski definition) is 2. The third kappa shape index (κ3) is 4.76. The van der Waals surface area contributed by atoms with Gasteiger partial charge < -0.3 is 15.7 Å². The molecule has 0 aromatic heterocycles. The first-order chi connectivity index (χ1) is 9.36. The Hall–Kier alpha value is -1.71. The molecule has 3 N–H and O–H groups in total. The van der Waals surface area contributed by atoms with Crippen LogP contribution >= 0.6 is 0 Å². The monoisotopic (exact) mass is 278 g/mol. The summed E-state index contributed by atoms with van der Waals surface area (Å²) in [5, 5.41) is 11.8. The van der Waals surface area contributed by atoms with E-state index >= 15 is 0 Å². The van der Waals surface area contributed by atoms with Gasteiger partial charge in [0, 0.05) is 5.41 Å². The van der Waals surface area contributed by atoms with Gasteiger partial charge in [0.25, 0.3) is 0 Å². The molecule has 0 atom stereocenters. The van der Waals surface area contributed by atoms with Crippen molar-refractivity contribution < 1.29 is 9.94 Å². The van der Waals surface area contributed by atoms with E-state index in [9.17, 15) is 0 Å². The molecule has 0 saturated carbocycles. The van der Waals surface area contributed by atoms with Crippen LogP contribution in [-0.4, -0.2) is 17.6 Å². The molecular weight excluding hydrogens is 252 g/mol. The highest BCUT2D eigenvalue weighted by atomic mass is 16.5. The first kappa shape index (κ1) is 16.3. The van der Waals surface area contributed by atoms with Gasteiger partial charge >= 0.3 is 0 Å². The Morgan fingerprint density at radius 2 is 2.00 bits per heavy atom. The minimum Gasteiger partial charge on any atom is -0.493 e. The van der Waals surface area contributed by atoms with Crippen molar-refractivity contribution in [2.75, 3.05) is 6.61 Å². The zero-order valence-corrected chi connectivity index (χ0v) is 12.9. The van der Waals surface area contributed by atoms with Crippen LogP contribution in [0.4, 0.5) is 0 Å². The molecule has 1 aromatic rings. The highest BCUT2D eigenvalue weighted by Gasteiger charge is 2.22. The van der Waals surface area contributed by atoms with Crippen LogP contribution < -0.4 is 10.5 Å². The lowest BCUT2D eigenvalue weighted by Gasteiger charge is -2.22. The Bertz CT molecular complexity index is 468. The number of oxime groups is 1. The number of rotatable bonds is 7. The minimum absolute atomic E-state index is 0.270. The Labute approximate surface area is 121 Å². The van der Waals surface area contributed by atoms with E-state index in [4.69, 9.17) is 15.7 Å². The number of nitrogens with zero attached hydrogens (tertiary/aromatic N) is 1. The van der Waals surface area contributed by atoms with Crippen molar-refractivity contribution >= 4 is 5.84 Å². The van der Waals surface area contributed by atoms with Crippen LogP contribution in [0.1, 0.15) is 44.2 Å². The second-order valence-electron chi connectivity index (χ2n) is 5.94. The molecular formula is C16H26N2O2. The average molecular weight is 278 g/mol. The summed E-state index contributed by atoms with van der Waals surface area (Å²) < 4.78 is 5.81. The molecule has 4 heteroatoms. The summed E-state index contributed by atoms with van der Waals surface area (Å²) in [7, 11) is 0. The number of aryl methyl sites for hydroxylation is 2. The molecule has 20 heavy (non-hydrogen) atoms. The minimum atomic E-state index is -0.270. The van der Waals surface area contributed by atoms with Crippen LogP contribution in [-0.2, 0) is 0 Å². The van der Waals surface area contributed by atoms with Gasteiger partial charge in [-0.05, 0) is 50.3 Å². The Morgan fingerprint density at radius 3 is 2.65 bits per heavy atom. The number of nitrogens with two attached hydrogens (primary N) is 1. The molecule has 1 rings (SSSR count). The van der Waals surface area contributed by atoms with Crippen molar-refractivity contribution in [3.8, 4) is 5.75 Å². The van der Waals surface area contributed by atoms with Crippen LogP contribution in [0, 0.1) is 19.3 Å². The Balaban J connectivity index is 2.34. The highest BCUT2D eigenvalue weighted by Crippen LogP contribution is 2.24. The van der Waals surface area contributed by atoms with Gasteiger partial charge in [0.1, 0.15) is 11.6 Å². The van der Waals surface area contributed by atoms with Gasteiger partial charge in [0.05, 0.1) is 6.61 Å². The summed E-state index contributed by atoms with van der Waals surface area (Å²) in [5.41, 5.74) is 7.76. The van der Waals surface area contributed by atoms with E-state index in [0.29, 0.717) is 6.61 Å². The summed E-state index contributed by atoms with van der Waals surface area (Å²) in [4.78, 5) is 0. The summed E-state index contributed by atoms with van der Waals surface area (Å²) >= 11 is 0. The second kappa shape index (κ2) is 7.17. The van der Waals surface area contributed by atoms with Gasteiger partial charge in [-0.25, -0.2) is 0 Å². The predicted octanol–water partition coefficient (Wildman–Crippen LogP) is 3.63. The van der Waals surface area contributed by atoms with Crippen LogP contribution in [0.25, 0.3) is 0 Å². The van der Waals surface area contributed by atoms with E-state index in [1.165, 1.54) is 5.56 Å². The fourth-order valence-corrected chi connectivity index (χ4v) is 1.98. The first-order valence-corrected chi connectivity index (χ1v) is 7.05. The summed E-state index contributed by atoms with van der Waals surface area (Å²) in [6.07, 6.45) is 2.81. The fourth-order valence-electron chi connectivity index (χ4n) is 1.98. The van der Waals surface area contributed by atoms with Crippen molar-refractivity contribution in [2.45, 2.75) is 47.0 Å². The normalized spacial score (nSPS) is 12.5. The van der Waals surface area contributed by atoms with Crippen LogP contribution in [0.5, 0.6) is 5.75 Å². The third-order valence-electron chi connectivity index (χ3n) is 3.60. The molecule has 0 spiro atoms. The fraction of sp³-hybridized carbons (Fsp3) is 0.562. The zero-order chi connectivity index (χ0) is 15.2. The van der Waals surface area contributed by atoms with Gasteiger partial charge in [-0.15, -0.1) is 0 Å². The van der Waals surface area contributed by atoms with E-state index in [-0.39, 0.29) is 11.3 Å². The SMILES string of the molecule is Cc1ccc(C)c(OCCCCC(C)(C)/C(N)=N/O)c1. The molecule has 0 heterocycles. The maximum Gasteiger partial charge on any atom is 0.144 e. The average Bonchev–Trinajstić information content (AvgIpc) is 2.41. The predicted molar refractivity (Wildman–Crippen MR) is 82.5 cm³/mol. The largest absolute Gasteiger partial charge is 0.493 e. The lowest BCUT2D eigenvalue weighted by molar-refractivity contribution is 0.287. The standard InChI is InChI=1S/C16H26N2O2/c1-12-7-8-13(2)14(11-12)20-10-6-5-9-16(3,4)15(17)18-19/h7-8,11,19H,5-6,9-10H2,1-4H3,(H2,17,18). The summed E-state index contributed by atoms with van der Waals surface area (Å²) in [6.45, 7) is 8.76. The van der Waals surface area contributed by atoms with Crippen LogP contribution in [0.15, 0.2) is 23.4 Å². The summed E-state index contributed by atoms with van der Waals surface area (Å²) in [6, 6.07) is 6.23. The molecule has 4 nitrogen and oxygen atoms in total. The number of benzene rings is 1. The number of ether oxygens (including phenoxy) is 1. The van der Waals surface area contributed by atoms with Crippen molar-refractivity contribution in [3.05, 3.63) is 29.3 Å². The van der Waals surface area contributed by atoms with E-state index in [0.717, 1.165) is 30.6 Å².